The average Bonchev–Trinajstić information content (AvgIpc) is 3.58. The fourth-order valence-corrected chi connectivity index (χ4v) is 10.2. The molecule has 9 aromatic carbocycles. The first-order valence-electron chi connectivity index (χ1n) is 19.9. The molecule has 0 radical (unpaired) electrons. The van der Waals surface area contributed by atoms with Crippen molar-refractivity contribution >= 4 is 17.1 Å². The Morgan fingerprint density at radius 3 is 1.19 bits per heavy atom. The molecule has 1 nitrogen and oxygen atoms in total. The summed E-state index contributed by atoms with van der Waals surface area (Å²) < 4.78 is 0. The number of hydrogen-bond donors (Lipinski definition) is 0. The third kappa shape index (κ3) is 4.82. The van der Waals surface area contributed by atoms with Crippen molar-refractivity contribution in [3.05, 3.63) is 281 Å². The zero-order valence-corrected chi connectivity index (χ0v) is 31.5. The standard InChI is InChI=1S/C56H39N/c1-5-19-40(20-6-1)41-33-35-45(36-34-41)57(44-25-11-4-12-26-44)46-37-38-50-48(39-46)47-27-13-14-28-49(47)56(50)53-31-17-15-29-51(53)55(42-21-7-2-8-22-42,43-23-9-3-10-24-43)52-30-16-18-32-54(52)56/h1-39H. The van der Waals surface area contributed by atoms with Crippen molar-refractivity contribution in [2.75, 3.05) is 4.90 Å². The zero-order chi connectivity index (χ0) is 37.8. The minimum atomic E-state index is -0.528. The smallest absolute Gasteiger partial charge is 0.0720 e. The lowest BCUT2D eigenvalue weighted by Crippen LogP contribution is -2.44. The van der Waals surface area contributed by atoms with Gasteiger partial charge in [-0.3, -0.25) is 0 Å². The van der Waals surface area contributed by atoms with Crippen LogP contribution < -0.4 is 4.90 Å². The molecule has 0 bridgehead atoms. The van der Waals surface area contributed by atoms with Crippen LogP contribution in [0.5, 0.6) is 0 Å². The molecule has 0 aromatic heterocycles. The third-order valence-electron chi connectivity index (χ3n) is 12.4. The first-order valence-corrected chi connectivity index (χ1v) is 19.9. The maximum absolute atomic E-state index is 2.43. The van der Waals surface area contributed by atoms with E-state index < -0.39 is 10.8 Å². The SMILES string of the molecule is c1ccc(-c2ccc(N(c3ccccc3)c3ccc4c(c3)-c3ccccc3C43c4ccccc4C(c4ccccc4)(c4ccccc4)c4ccccc43)cc2)cc1. The third-order valence-corrected chi connectivity index (χ3v) is 12.4. The normalized spacial score (nSPS) is 13.9. The van der Waals surface area contributed by atoms with E-state index in [2.05, 4.69) is 241 Å². The van der Waals surface area contributed by atoms with Crippen molar-refractivity contribution < 1.29 is 0 Å². The Morgan fingerprint density at radius 2 is 0.632 bits per heavy atom. The van der Waals surface area contributed by atoms with Crippen LogP contribution in [0, 0.1) is 0 Å². The summed E-state index contributed by atoms with van der Waals surface area (Å²) in [5, 5.41) is 0. The quantitative estimate of drug-likeness (QED) is 0.165. The molecule has 57 heavy (non-hydrogen) atoms. The molecule has 0 aliphatic heterocycles. The summed E-state index contributed by atoms with van der Waals surface area (Å²) in [5.74, 6) is 0. The number of para-hydroxylation sites is 1. The van der Waals surface area contributed by atoms with Gasteiger partial charge in [0.25, 0.3) is 0 Å². The first kappa shape index (κ1) is 33.1. The van der Waals surface area contributed by atoms with Gasteiger partial charge in [0.1, 0.15) is 0 Å². The van der Waals surface area contributed by atoms with Gasteiger partial charge in [0.2, 0.25) is 0 Å². The Labute approximate surface area is 334 Å². The van der Waals surface area contributed by atoms with Gasteiger partial charge < -0.3 is 4.90 Å². The highest BCUT2D eigenvalue weighted by molar-refractivity contribution is 5.92. The molecular formula is C56H39N. The van der Waals surface area contributed by atoms with Crippen molar-refractivity contribution in [2.24, 2.45) is 0 Å². The molecular weight excluding hydrogens is 687 g/mol. The van der Waals surface area contributed by atoms with Crippen LogP contribution in [0.4, 0.5) is 17.1 Å². The number of rotatable bonds is 6. The van der Waals surface area contributed by atoms with E-state index >= 15 is 0 Å². The highest BCUT2D eigenvalue weighted by atomic mass is 15.1. The highest BCUT2D eigenvalue weighted by Gasteiger charge is 2.56. The molecule has 268 valence electrons. The molecule has 0 N–H and O–H groups in total. The number of anilines is 3. The summed E-state index contributed by atoms with van der Waals surface area (Å²) in [6.45, 7) is 0. The fourth-order valence-electron chi connectivity index (χ4n) is 10.2. The van der Waals surface area contributed by atoms with Crippen LogP contribution in [0.25, 0.3) is 22.3 Å². The Bertz CT molecular complexity index is 2790. The van der Waals surface area contributed by atoms with Gasteiger partial charge in [-0.05, 0) is 103 Å². The van der Waals surface area contributed by atoms with E-state index in [1.165, 1.54) is 66.8 Å². The summed E-state index contributed by atoms with van der Waals surface area (Å²) in [6.07, 6.45) is 0. The van der Waals surface area contributed by atoms with E-state index in [0.29, 0.717) is 0 Å². The van der Waals surface area contributed by atoms with Gasteiger partial charge in [0.15, 0.2) is 0 Å². The van der Waals surface area contributed by atoms with Gasteiger partial charge in [-0.15, -0.1) is 0 Å². The summed E-state index contributed by atoms with van der Waals surface area (Å²) in [4.78, 5) is 2.39. The van der Waals surface area contributed by atoms with Gasteiger partial charge in [-0.2, -0.15) is 0 Å². The topological polar surface area (TPSA) is 3.24 Å². The van der Waals surface area contributed by atoms with Crippen LogP contribution in [-0.4, -0.2) is 0 Å². The highest BCUT2D eigenvalue weighted by Crippen LogP contribution is 2.64. The molecule has 0 atom stereocenters. The summed E-state index contributed by atoms with van der Waals surface area (Å²) >= 11 is 0. The Hall–Kier alpha value is -7.22. The lowest BCUT2D eigenvalue weighted by molar-refractivity contribution is 0.623. The Kier molecular flexibility index (Phi) is 7.69. The largest absolute Gasteiger partial charge is 0.310 e. The summed E-state index contributed by atoms with van der Waals surface area (Å²) in [7, 11) is 0. The molecule has 11 rings (SSSR count). The molecule has 0 amide bonds. The molecule has 9 aromatic rings. The van der Waals surface area contributed by atoms with Gasteiger partial charge in [-0.1, -0.05) is 200 Å². The second-order valence-electron chi connectivity index (χ2n) is 15.2. The minimum Gasteiger partial charge on any atom is -0.310 e. The molecule has 0 heterocycles. The van der Waals surface area contributed by atoms with E-state index in [1.54, 1.807) is 0 Å². The second-order valence-corrected chi connectivity index (χ2v) is 15.2. The number of hydrogen-bond acceptors (Lipinski definition) is 1. The lowest BCUT2D eigenvalue weighted by Gasteiger charge is -2.50. The molecule has 0 fully saturated rings. The molecule has 1 heteroatoms. The lowest BCUT2D eigenvalue weighted by atomic mass is 9.51. The zero-order valence-electron chi connectivity index (χ0n) is 31.5. The van der Waals surface area contributed by atoms with E-state index in [1.807, 2.05) is 0 Å². The summed E-state index contributed by atoms with van der Waals surface area (Å²) in [5.41, 5.74) is 17.7. The van der Waals surface area contributed by atoms with Gasteiger partial charge >= 0.3 is 0 Å². The van der Waals surface area contributed by atoms with Crippen LogP contribution >= 0.6 is 0 Å². The van der Waals surface area contributed by atoms with Crippen LogP contribution in [0.15, 0.2) is 237 Å². The van der Waals surface area contributed by atoms with Gasteiger partial charge in [0.05, 0.1) is 10.8 Å². The van der Waals surface area contributed by atoms with Crippen LogP contribution in [0.3, 0.4) is 0 Å². The molecule has 0 unspecified atom stereocenters. The monoisotopic (exact) mass is 725 g/mol. The van der Waals surface area contributed by atoms with E-state index in [-0.39, 0.29) is 0 Å². The maximum Gasteiger partial charge on any atom is 0.0720 e. The fraction of sp³-hybridized carbons (Fsp3) is 0.0357. The predicted molar refractivity (Wildman–Crippen MR) is 236 cm³/mol. The first-order chi connectivity index (χ1) is 28.3. The minimum absolute atomic E-state index is 0.519. The molecule has 1 spiro atoms. The van der Waals surface area contributed by atoms with Crippen LogP contribution in [0.2, 0.25) is 0 Å². The van der Waals surface area contributed by atoms with Crippen molar-refractivity contribution in [1.29, 1.82) is 0 Å². The second kappa shape index (κ2) is 13.2. The number of benzene rings is 9. The predicted octanol–water partition coefficient (Wildman–Crippen LogP) is 13.9. The van der Waals surface area contributed by atoms with Crippen molar-refractivity contribution in [2.45, 2.75) is 10.8 Å². The average molecular weight is 726 g/mol. The van der Waals surface area contributed by atoms with Crippen LogP contribution in [0.1, 0.15) is 44.5 Å². The molecule has 0 saturated heterocycles. The van der Waals surface area contributed by atoms with Crippen molar-refractivity contribution in [3.8, 4) is 22.3 Å². The Balaban J connectivity index is 1.17. The number of nitrogens with zero attached hydrogens (tertiary/aromatic N) is 1. The van der Waals surface area contributed by atoms with Gasteiger partial charge in [-0.25, -0.2) is 0 Å². The van der Waals surface area contributed by atoms with Crippen molar-refractivity contribution in [1.82, 2.24) is 0 Å². The van der Waals surface area contributed by atoms with Crippen LogP contribution in [-0.2, 0) is 10.8 Å². The van der Waals surface area contributed by atoms with Crippen molar-refractivity contribution in [3.63, 3.8) is 0 Å². The van der Waals surface area contributed by atoms with E-state index in [4.69, 9.17) is 0 Å². The van der Waals surface area contributed by atoms with E-state index in [0.717, 1.165) is 17.1 Å². The van der Waals surface area contributed by atoms with Gasteiger partial charge in [0, 0.05) is 17.1 Å². The molecule has 0 saturated carbocycles. The van der Waals surface area contributed by atoms with E-state index in [9.17, 15) is 0 Å². The number of fused-ring (bicyclic) bond motifs is 9. The summed E-state index contributed by atoms with van der Waals surface area (Å²) in [6, 6.07) is 87.4. The Morgan fingerprint density at radius 1 is 0.246 bits per heavy atom. The molecule has 2 aliphatic rings. The molecule has 2 aliphatic carbocycles. The maximum atomic E-state index is 2.43.